The molecular formula is C55H33NOS. The van der Waals surface area contributed by atoms with Crippen LogP contribution in [0.2, 0.25) is 0 Å². The summed E-state index contributed by atoms with van der Waals surface area (Å²) in [4.78, 5) is 2.48. The van der Waals surface area contributed by atoms with Gasteiger partial charge in [0, 0.05) is 47.9 Å². The Morgan fingerprint density at radius 3 is 1.67 bits per heavy atom. The maximum Gasteiger partial charge on any atom is 0.136 e. The summed E-state index contributed by atoms with van der Waals surface area (Å²) in [6.07, 6.45) is 0. The molecule has 0 unspecified atom stereocenters. The number of benzene rings is 9. The highest BCUT2D eigenvalue weighted by molar-refractivity contribution is 7.25. The van der Waals surface area contributed by atoms with E-state index in [1.165, 1.54) is 64.7 Å². The summed E-state index contributed by atoms with van der Waals surface area (Å²) in [6.45, 7) is 0. The molecule has 0 radical (unpaired) electrons. The lowest BCUT2D eigenvalue weighted by Gasteiger charge is -2.31. The predicted octanol–water partition coefficient (Wildman–Crippen LogP) is 15.4. The molecule has 0 aliphatic heterocycles. The fraction of sp³-hybridized carbons (Fsp3) is 0.0182. The van der Waals surface area contributed by atoms with E-state index in [1.807, 2.05) is 17.4 Å². The van der Waals surface area contributed by atoms with Crippen molar-refractivity contribution >= 4 is 70.5 Å². The number of nitrogens with zero attached hydrogens (tertiary/aromatic N) is 1. The summed E-state index contributed by atoms with van der Waals surface area (Å²) in [5.74, 6) is 0. The lowest BCUT2D eigenvalue weighted by atomic mass is 9.70. The van der Waals surface area contributed by atoms with Crippen LogP contribution < -0.4 is 4.90 Å². The maximum atomic E-state index is 6.43. The molecule has 3 heteroatoms. The topological polar surface area (TPSA) is 16.4 Å². The zero-order valence-electron chi connectivity index (χ0n) is 31.3. The number of thiophene rings is 1. The van der Waals surface area contributed by atoms with Gasteiger partial charge < -0.3 is 9.32 Å². The fourth-order valence-corrected chi connectivity index (χ4v) is 11.5. The van der Waals surface area contributed by atoms with Crippen LogP contribution in [0, 0.1) is 0 Å². The van der Waals surface area contributed by atoms with Gasteiger partial charge in [-0.3, -0.25) is 0 Å². The van der Waals surface area contributed by atoms with E-state index in [0.29, 0.717) is 0 Å². The third-order valence-electron chi connectivity index (χ3n) is 12.7. The van der Waals surface area contributed by atoms with Gasteiger partial charge >= 0.3 is 0 Å². The first kappa shape index (κ1) is 31.9. The average Bonchev–Trinajstić information content (AvgIpc) is 4.02. The van der Waals surface area contributed by atoms with Gasteiger partial charge in [-0.1, -0.05) is 146 Å². The van der Waals surface area contributed by atoms with E-state index in [9.17, 15) is 0 Å². The van der Waals surface area contributed by atoms with E-state index in [4.69, 9.17) is 4.42 Å². The first-order valence-electron chi connectivity index (χ1n) is 19.9. The second-order valence-electron chi connectivity index (χ2n) is 15.5. The molecule has 2 aliphatic rings. The zero-order chi connectivity index (χ0) is 38.0. The lowest BCUT2D eigenvalue weighted by Crippen LogP contribution is -2.25. The Bertz CT molecular complexity index is 3450. The molecule has 0 saturated carbocycles. The SMILES string of the molecule is c1ccc(N(c2ccc3c(c2)-c2ccccc2C32c3ccccc3-c3ccccc32)c2ccc3sc4ccccc4c3c2)c(-c2cccc3oc4ccccc4c23)c1. The molecule has 2 aromatic heterocycles. The minimum Gasteiger partial charge on any atom is -0.456 e. The van der Waals surface area contributed by atoms with Gasteiger partial charge in [0.05, 0.1) is 11.1 Å². The second kappa shape index (κ2) is 11.9. The molecule has 0 amide bonds. The van der Waals surface area contributed by atoms with Crippen LogP contribution in [0.1, 0.15) is 22.3 Å². The summed E-state index contributed by atoms with van der Waals surface area (Å²) < 4.78 is 9.02. The largest absolute Gasteiger partial charge is 0.456 e. The molecule has 11 aromatic rings. The number of furan rings is 1. The van der Waals surface area contributed by atoms with Crippen LogP contribution in [0.5, 0.6) is 0 Å². The molecule has 13 rings (SSSR count). The Labute approximate surface area is 339 Å². The molecule has 0 N–H and O–H groups in total. The molecule has 58 heavy (non-hydrogen) atoms. The molecule has 9 aromatic carbocycles. The van der Waals surface area contributed by atoms with Crippen molar-refractivity contribution < 1.29 is 4.42 Å². The molecule has 0 fully saturated rings. The third-order valence-corrected chi connectivity index (χ3v) is 13.8. The van der Waals surface area contributed by atoms with Crippen LogP contribution in [-0.2, 0) is 5.41 Å². The highest BCUT2D eigenvalue weighted by atomic mass is 32.1. The van der Waals surface area contributed by atoms with Crippen molar-refractivity contribution in [3.8, 4) is 33.4 Å². The Hall–Kier alpha value is -7.20. The summed E-state index contributed by atoms with van der Waals surface area (Å²) >= 11 is 1.86. The van der Waals surface area contributed by atoms with Gasteiger partial charge in [0.15, 0.2) is 0 Å². The quantitative estimate of drug-likeness (QED) is 0.178. The number of rotatable bonds is 4. The first-order valence-corrected chi connectivity index (χ1v) is 20.7. The van der Waals surface area contributed by atoms with Crippen LogP contribution >= 0.6 is 11.3 Å². The van der Waals surface area contributed by atoms with Gasteiger partial charge in [-0.2, -0.15) is 0 Å². The average molecular weight is 756 g/mol. The van der Waals surface area contributed by atoms with Gasteiger partial charge in [0.25, 0.3) is 0 Å². The van der Waals surface area contributed by atoms with Crippen molar-refractivity contribution in [2.75, 3.05) is 4.90 Å². The number of hydrogen-bond acceptors (Lipinski definition) is 3. The molecule has 1 spiro atoms. The Kier molecular flexibility index (Phi) is 6.56. The summed E-state index contributed by atoms with van der Waals surface area (Å²) in [6, 6.07) is 73.8. The number of anilines is 3. The van der Waals surface area contributed by atoms with Crippen molar-refractivity contribution in [2.24, 2.45) is 0 Å². The van der Waals surface area contributed by atoms with E-state index in [1.54, 1.807) is 0 Å². The van der Waals surface area contributed by atoms with Gasteiger partial charge in [-0.05, 0) is 105 Å². The molecule has 0 saturated heterocycles. The Morgan fingerprint density at radius 2 is 0.897 bits per heavy atom. The van der Waals surface area contributed by atoms with E-state index in [-0.39, 0.29) is 0 Å². The summed E-state index contributed by atoms with van der Waals surface area (Å²) in [5.41, 5.74) is 17.6. The van der Waals surface area contributed by atoms with Crippen LogP contribution in [-0.4, -0.2) is 0 Å². The zero-order valence-corrected chi connectivity index (χ0v) is 32.1. The highest BCUT2D eigenvalue weighted by Gasteiger charge is 2.51. The third kappa shape index (κ3) is 4.21. The van der Waals surface area contributed by atoms with E-state index in [2.05, 4.69) is 199 Å². The van der Waals surface area contributed by atoms with Crippen molar-refractivity contribution in [2.45, 2.75) is 5.41 Å². The molecular weight excluding hydrogens is 723 g/mol. The van der Waals surface area contributed by atoms with E-state index >= 15 is 0 Å². The number of fused-ring (bicyclic) bond motifs is 16. The van der Waals surface area contributed by atoms with Crippen molar-refractivity contribution in [1.82, 2.24) is 0 Å². The van der Waals surface area contributed by atoms with E-state index < -0.39 is 5.41 Å². The number of hydrogen-bond donors (Lipinski definition) is 0. The molecule has 270 valence electrons. The molecule has 0 atom stereocenters. The minimum absolute atomic E-state index is 0.396. The highest BCUT2D eigenvalue weighted by Crippen LogP contribution is 2.63. The van der Waals surface area contributed by atoms with Crippen LogP contribution in [0.15, 0.2) is 205 Å². The smallest absolute Gasteiger partial charge is 0.136 e. The van der Waals surface area contributed by atoms with Crippen molar-refractivity contribution in [3.63, 3.8) is 0 Å². The molecule has 0 bridgehead atoms. The summed E-state index contributed by atoms with van der Waals surface area (Å²) in [5, 5.41) is 4.81. The molecule has 2 heterocycles. The van der Waals surface area contributed by atoms with Crippen molar-refractivity contribution in [3.05, 3.63) is 222 Å². The van der Waals surface area contributed by atoms with Crippen molar-refractivity contribution in [1.29, 1.82) is 0 Å². The van der Waals surface area contributed by atoms with Crippen LogP contribution in [0.3, 0.4) is 0 Å². The predicted molar refractivity (Wildman–Crippen MR) is 243 cm³/mol. The van der Waals surface area contributed by atoms with Gasteiger partial charge in [-0.15, -0.1) is 11.3 Å². The van der Waals surface area contributed by atoms with Gasteiger partial charge in [0.2, 0.25) is 0 Å². The lowest BCUT2D eigenvalue weighted by molar-refractivity contribution is 0.669. The Morgan fingerprint density at radius 1 is 0.362 bits per heavy atom. The fourth-order valence-electron chi connectivity index (χ4n) is 10.4. The standard InChI is InChI=1S/C55H33NOS/c1-7-21-45-36(14-1)37-15-2-8-22-46(37)55(45)47-23-9-3-16-38(47)43-32-34(28-30-48(43)55)56(35-29-31-53-44(33-35)40-18-6-12-27-52(40)58-53)49-24-10-4-17-39(49)41-20-13-26-51-54(41)42-19-5-11-25-50(42)57-51/h1-33H. The monoisotopic (exact) mass is 755 g/mol. The normalized spacial score (nSPS) is 13.3. The second-order valence-corrected chi connectivity index (χ2v) is 16.6. The summed E-state index contributed by atoms with van der Waals surface area (Å²) in [7, 11) is 0. The van der Waals surface area contributed by atoms with Crippen LogP contribution in [0.4, 0.5) is 17.1 Å². The Balaban J connectivity index is 1.09. The first-order chi connectivity index (χ1) is 28.8. The van der Waals surface area contributed by atoms with E-state index in [0.717, 1.165) is 50.1 Å². The van der Waals surface area contributed by atoms with Gasteiger partial charge in [-0.25, -0.2) is 0 Å². The molecule has 2 aliphatic carbocycles. The minimum atomic E-state index is -0.396. The molecule has 2 nitrogen and oxygen atoms in total. The van der Waals surface area contributed by atoms with Gasteiger partial charge in [0.1, 0.15) is 11.2 Å². The number of para-hydroxylation sites is 2. The maximum absolute atomic E-state index is 6.43. The van der Waals surface area contributed by atoms with Crippen LogP contribution in [0.25, 0.3) is 75.5 Å².